The molecule has 1 aliphatic heterocycles. The molecule has 1 aromatic rings. The molecule has 0 bridgehead atoms. The van der Waals surface area contributed by atoms with Crippen LogP contribution in [0.1, 0.15) is 69.8 Å². The van der Waals surface area contributed by atoms with Gasteiger partial charge >= 0.3 is 0 Å². The highest BCUT2D eigenvalue weighted by atomic mass is 15.1. The largest absolute Gasteiger partial charge is 0.215 e. The highest BCUT2D eigenvalue weighted by molar-refractivity contribution is 5.98. The first kappa shape index (κ1) is 26.9. The Morgan fingerprint density at radius 3 is 2.48 bits per heavy atom. The zero-order valence-electron chi connectivity index (χ0n) is 26.2. The zero-order chi connectivity index (χ0) is 29.2. The second-order valence-corrected chi connectivity index (χ2v) is 14.8. The van der Waals surface area contributed by atoms with Crippen LogP contribution in [-0.2, 0) is 0 Å². The van der Waals surface area contributed by atoms with Crippen LogP contribution in [0, 0.1) is 47.3 Å². The molecule has 0 spiro atoms. The smallest absolute Gasteiger partial charge is 0.161 e. The first-order chi connectivity index (χ1) is 21.8. The van der Waals surface area contributed by atoms with Crippen LogP contribution in [0.15, 0.2) is 132 Å². The number of rotatable bonds is 3. The van der Waals surface area contributed by atoms with Gasteiger partial charge in [0.2, 0.25) is 11.4 Å². The van der Waals surface area contributed by atoms with E-state index in [1.807, 2.05) is 0 Å². The van der Waals surface area contributed by atoms with Crippen molar-refractivity contribution in [3.63, 3.8) is 0 Å². The second-order valence-electron chi connectivity index (χ2n) is 14.8. The van der Waals surface area contributed by atoms with Crippen LogP contribution in [0.4, 0.5) is 5.69 Å². The normalized spacial score (nSPS) is 38.1. The number of nitrogens with zero attached hydrogens (tertiary/aromatic N) is 1. The maximum absolute atomic E-state index is 2.67. The molecule has 9 rings (SSSR count). The second kappa shape index (κ2) is 10.9. The van der Waals surface area contributed by atoms with Crippen LogP contribution < -0.4 is 0 Å². The number of allylic oxidation sites excluding steroid dienone is 17. The summed E-state index contributed by atoms with van der Waals surface area (Å²) in [6.07, 6.45) is 44.5. The molecule has 1 aromatic carbocycles. The molecule has 1 heterocycles. The molecular weight excluding hydrogens is 530 g/mol. The number of fused-ring (bicyclic) bond motifs is 9. The van der Waals surface area contributed by atoms with Crippen molar-refractivity contribution in [1.82, 2.24) is 0 Å². The minimum atomic E-state index is 0.366. The Balaban J connectivity index is 1.08. The molecule has 0 aromatic heterocycles. The van der Waals surface area contributed by atoms with Crippen molar-refractivity contribution < 1.29 is 4.58 Å². The van der Waals surface area contributed by atoms with E-state index < -0.39 is 0 Å². The average molecular weight is 577 g/mol. The Hall–Kier alpha value is -3.45. The summed E-state index contributed by atoms with van der Waals surface area (Å²) in [7, 11) is 0. The summed E-state index contributed by atoms with van der Waals surface area (Å²) in [6.45, 7) is 2.47. The van der Waals surface area contributed by atoms with Gasteiger partial charge in [0.25, 0.3) is 0 Å². The maximum atomic E-state index is 2.67. The molecule has 8 aliphatic rings. The minimum absolute atomic E-state index is 0.366. The molecule has 1 fully saturated rings. The summed E-state index contributed by atoms with van der Waals surface area (Å²) in [6, 6.07) is 9.32. The van der Waals surface area contributed by atoms with Crippen LogP contribution in [0.2, 0.25) is 0 Å². The van der Waals surface area contributed by atoms with Gasteiger partial charge in [-0.15, -0.1) is 0 Å². The fraction of sp³-hybridized carbons (Fsp3) is 0.419. The van der Waals surface area contributed by atoms with Crippen molar-refractivity contribution in [3.05, 3.63) is 137 Å². The Morgan fingerprint density at radius 2 is 1.61 bits per heavy atom. The van der Waals surface area contributed by atoms with Gasteiger partial charge in [-0.05, 0) is 110 Å². The van der Waals surface area contributed by atoms with E-state index in [-0.39, 0.29) is 0 Å². The molecule has 1 nitrogen and oxygen atoms in total. The lowest BCUT2D eigenvalue weighted by atomic mass is 9.53. The quantitative estimate of drug-likeness (QED) is 0.249. The maximum Gasteiger partial charge on any atom is 0.215 e. The van der Waals surface area contributed by atoms with E-state index in [9.17, 15) is 0 Å². The molecule has 9 atom stereocenters. The average Bonchev–Trinajstić information content (AvgIpc) is 3.45. The van der Waals surface area contributed by atoms with E-state index in [0.29, 0.717) is 29.6 Å². The van der Waals surface area contributed by atoms with Gasteiger partial charge in [0.05, 0.1) is 5.92 Å². The summed E-state index contributed by atoms with van der Waals surface area (Å²) >= 11 is 0. The van der Waals surface area contributed by atoms with Gasteiger partial charge in [0.1, 0.15) is 0 Å². The van der Waals surface area contributed by atoms with Gasteiger partial charge in [-0.3, -0.25) is 0 Å². The van der Waals surface area contributed by atoms with E-state index in [1.54, 1.807) is 22.4 Å². The van der Waals surface area contributed by atoms with Crippen LogP contribution in [0.5, 0.6) is 0 Å². The molecule has 0 radical (unpaired) electrons. The predicted octanol–water partition coefficient (Wildman–Crippen LogP) is 10.5. The molecule has 0 N–H and O–H groups in total. The summed E-state index contributed by atoms with van der Waals surface area (Å²) in [4.78, 5) is 0. The fourth-order valence-corrected chi connectivity index (χ4v) is 10.5. The summed E-state index contributed by atoms with van der Waals surface area (Å²) in [5.41, 5.74) is 10.9. The van der Waals surface area contributed by atoms with Crippen LogP contribution in [0.25, 0.3) is 0 Å². The summed E-state index contributed by atoms with van der Waals surface area (Å²) in [5, 5.41) is 0. The van der Waals surface area contributed by atoms with Gasteiger partial charge in [-0.2, -0.15) is 4.58 Å². The zero-order valence-corrected chi connectivity index (χ0v) is 26.2. The SMILES string of the molecule is CC1CC=C(C2=CC=C3C4CCC=CC4C4C=CCCC4C3C2)C2C1=[N+](C1=CCC(C3C=CC=CC3)C=C1)c1ccccc12. The van der Waals surface area contributed by atoms with Gasteiger partial charge in [-0.1, -0.05) is 104 Å². The molecule has 222 valence electrons. The molecule has 7 aliphatic carbocycles. The van der Waals surface area contributed by atoms with Gasteiger partial charge in [0, 0.05) is 23.6 Å². The van der Waals surface area contributed by atoms with Crippen molar-refractivity contribution in [3.8, 4) is 0 Å². The van der Waals surface area contributed by atoms with E-state index in [4.69, 9.17) is 0 Å². The third-order valence-corrected chi connectivity index (χ3v) is 12.6. The van der Waals surface area contributed by atoms with Crippen LogP contribution in [-0.4, -0.2) is 10.3 Å². The van der Waals surface area contributed by atoms with Crippen LogP contribution in [0.3, 0.4) is 0 Å². The van der Waals surface area contributed by atoms with Crippen LogP contribution >= 0.6 is 0 Å². The molecule has 0 amide bonds. The molecule has 9 unspecified atom stereocenters. The Kier molecular flexibility index (Phi) is 6.64. The summed E-state index contributed by atoms with van der Waals surface area (Å²) in [5.74, 6) is 5.80. The van der Waals surface area contributed by atoms with Gasteiger partial charge < -0.3 is 0 Å². The highest BCUT2D eigenvalue weighted by Crippen LogP contribution is 2.57. The first-order valence-electron chi connectivity index (χ1n) is 17.7. The number of para-hydroxylation sites is 1. The highest BCUT2D eigenvalue weighted by Gasteiger charge is 2.50. The standard InChI is InChI=1S/C43H46N/c1-28-19-25-33(31-22-26-38-36-15-6-5-13-34(36)35-14-7-8-16-37(35)40(38)27-31)42-39-17-9-10-18-41(39)44(43(28)42)32-23-20-30(21-24-32)29-11-3-2-4-12-29/h2-5,7,9-11,13-14,17-18,20,22-26,28-30,34-37,40,42H,6,8,12,15-16,19,21,27H2,1H3/q+1. The van der Waals surface area contributed by atoms with Crippen molar-refractivity contribution >= 4 is 11.4 Å². The molecule has 0 saturated heterocycles. The van der Waals surface area contributed by atoms with Crippen molar-refractivity contribution in [2.24, 2.45) is 47.3 Å². The Morgan fingerprint density at radius 1 is 0.750 bits per heavy atom. The van der Waals surface area contributed by atoms with Gasteiger partial charge in [0.15, 0.2) is 5.71 Å². The van der Waals surface area contributed by atoms with E-state index in [2.05, 4.69) is 121 Å². The third-order valence-electron chi connectivity index (χ3n) is 12.6. The number of hydrogen-bond acceptors (Lipinski definition) is 0. The topological polar surface area (TPSA) is 3.01 Å². The molecule has 1 saturated carbocycles. The monoisotopic (exact) mass is 576 g/mol. The minimum Gasteiger partial charge on any atom is -0.161 e. The van der Waals surface area contributed by atoms with Crippen molar-refractivity contribution in [2.45, 2.75) is 64.2 Å². The number of hydrogen-bond donors (Lipinski definition) is 0. The number of benzene rings is 1. The molecule has 44 heavy (non-hydrogen) atoms. The predicted molar refractivity (Wildman–Crippen MR) is 183 cm³/mol. The van der Waals surface area contributed by atoms with E-state index in [1.165, 1.54) is 49.1 Å². The van der Waals surface area contributed by atoms with E-state index >= 15 is 0 Å². The van der Waals surface area contributed by atoms with Crippen molar-refractivity contribution in [2.75, 3.05) is 0 Å². The van der Waals surface area contributed by atoms with Gasteiger partial charge in [-0.25, -0.2) is 0 Å². The third kappa shape index (κ3) is 4.22. The molecular formula is C43H46N+. The summed E-state index contributed by atoms with van der Waals surface area (Å²) < 4.78 is 2.67. The lowest BCUT2D eigenvalue weighted by molar-refractivity contribution is -0.378. The first-order valence-corrected chi connectivity index (χ1v) is 17.7. The lowest BCUT2D eigenvalue weighted by Gasteiger charge is -2.51. The Bertz CT molecular complexity index is 1680. The lowest BCUT2D eigenvalue weighted by Crippen LogP contribution is -2.43. The fourth-order valence-electron chi connectivity index (χ4n) is 10.5. The Labute approximate surface area is 264 Å². The van der Waals surface area contributed by atoms with Crippen molar-refractivity contribution in [1.29, 1.82) is 0 Å². The van der Waals surface area contributed by atoms with E-state index in [0.717, 1.165) is 42.9 Å². The molecule has 1 heteroatoms.